The van der Waals surface area contributed by atoms with Gasteiger partial charge in [-0.2, -0.15) is 0 Å². The Hall–Kier alpha value is -1.16. The Morgan fingerprint density at radius 1 is 1.19 bits per heavy atom. The molecule has 4 heteroatoms. The van der Waals surface area contributed by atoms with Gasteiger partial charge in [-0.05, 0) is 63.6 Å². The van der Waals surface area contributed by atoms with Crippen LogP contribution in [0.4, 0.5) is 14.5 Å². The van der Waals surface area contributed by atoms with E-state index in [0.717, 1.165) is 19.4 Å². The summed E-state index contributed by atoms with van der Waals surface area (Å²) in [7, 11) is 0. The normalized spacial score (nSPS) is 24.9. The fourth-order valence-electron chi connectivity index (χ4n) is 3.56. The zero-order valence-electron chi connectivity index (χ0n) is 13.0. The number of rotatable bonds is 3. The number of halogens is 2. The molecule has 116 valence electrons. The van der Waals surface area contributed by atoms with Crippen LogP contribution in [0.2, 0.25) is 0 Å². The minimum atomic E-state index is -0.423. The minimum Gasteiger partial charge on any atom is -0.364 e. The van der Waals surface area contributed by atoms with Gasteiger partial charge in [-0.25, -0.2) is 8.78 Å². The number of anilines is 1. The van der Waals surface area contributed by atoms with Crippen molar-refractivity contribution in [3.63, 3.8) is 0 Å². The van der Waals surface area contributed by atoms with Gasteiger partial charge in [0.05, 0.1) is 0 Å². The second-order valence-corrected chi connectivity index (χ2v) is 7.50. The van der Waals surface area contributed by atoms with Gasteiger partial charge in [0.15, 0.2) is 0 Å². The zero-order valence-corrected chi connectivity index (χ0v) is 13.0. The summed E-state index contributed by atoms with van der Waals surface area (Å²) < 4.78 is 28.8. The van der Waals surface area contributed by atoms with Crippen molar-refractivity contribution in [2.75, 3.05) is 11.4 Å². The van der Waals surface area contributed by atoms with Gasteiger partial charge in [0.25, 0.3) is 0 Å². The molecule has 1 heterocycles. The van der Waals surface area contributed by atoms with Gasteiger partial charge in [0.1, 0.15) is 17.3 Å². The molecule has 21 heavy (non-hydrogen) atoms. The van der Waals surface area contributed by atoms with E-state index in [0.29, 0.717) is 24.1 Å². The topological polar surface area (TPSA) is 15.3 Å². The third-order valence-corrected chi connectivity index (χ3v) is 4.60. The number of fused-ring (bicyclic) bond motifs is 2. The zero-order chi connectivity index (χ0) is 15.2. The second-order valence-electron chi connectivity index (χ2n) is 7.50. The first-order chi connectivity index (χ1) is 9.83. The molecule has 2 nitrogen and oxygen atoms in total. The van der Waals surface area contributed by atoms with Crippen LogP contribution in [0.1, 0.15) is 45.6 Å². The molecule has 2 unspecified atom stereocenters. The predicted octanol–water partition coefficient (Wildman–Crippen LogP) is 3.84. The van der Waals surface area contributed by atoms with E-state index in [4.69, 9.17) is 0 Å². The molecular weight excluding hydrogens is 270 g/mol. The first-order valence-electron chi connectivity index (χ1n) is 7.83. The summed E-state index contributed by atoms with van der Waals surface area (Å²) in [6, 6.07) is 3.28. The summed E-state index contributed by atoms with van der Waals surface area (Å²) in [5.41, 5.74) is 0.773. The molecule has 0 aromatic heterocycles. The van der Waals surface area contributed by atoms with Crippen LogP contribution in [-0.2, 0) is 6.54 Å². The Balaban J connectivity index is 1.80. The Morgan fingerprint density at radius 3 is 2.33 bits per heavy atom. The van der Waals surface area contributed by atoms with Crippen molar-refractivity contribution in [3.05, 3.63) is 29.3 Å². The molecule has 1 aromatic rings. The van der Waals surface area contributed by atoms with Crippen molar-refractivity contribution < 1.29 is 8.78 Å². The summed E-state index contributed by atoms with van der Waals surface area (Å²) in [5, 5.41) is 3.26. The molecule has 0 amide bonds. The summed E-state index contributed by atoms with van der Waals surface area (Å²) in [6.45, 7) is 7.39. The van der Waals surface area contributed by atoms with Crippen LogP contribution in [0.25, 0.3) is 0 Å². The molecular formula is C17H24F2N2. The SMILES string of the molecule is CC(C)(C)NCc1cc(F)c(N2CC3CCC2C3)c(F)c1. The summed E-state index contributed by atoms with van der Waals surface area (Å²) in [4.78, 5) is 1.94. The molecule has 1 aliphatic carbocycles. The Morgan fingerprint density at radius 2 is 1.86 bits per heavy atom. The van der Waals surface area contributed by atoms with E-state index in [-0.39, 0.29) is 11.2 Å². The van der Waals surface area contributed by atoms with Crippen molar-refractivity contribution in [1.29, 1.82) is 0 Å². The monoisotopic (exact) mass is 294 g/mol. The number of piperidine rings is 1. The number of nitrogens with one attached hydrogen (secondary N) is 1. The lowest BCUT2D eigenvalue weighted by molar-refractivity contribution is 0.422. The van der Waals surface area contributed by atoms with Crippen LogP contribution < -0.4 is 10.2 Å². The van der Waals surface area contributed by atoms with Gasteiger partial charge in [-0.15, -0.1) is 0 Å². The Labute approximate surface area is 125 Å². The molecule has 1 saturated carbocycles. The summed E-state index contributed by atoms with van der Waals surface area (Å²) in [5.74, 6) is -0.224. The predicted molar refractivity (Wildman–Crippen MR) is 81.4 cm³/mol. The highest BCUT2D eigenvalue weighted by Gasteiger charge is 2.39. The lowest BCUT2D eigenvalue weighted by atomic mass is 10.1. The molecule has 2 aliphatic rings. The quantitative estimate of drug-likeness (QED) is 0.911. The Kier molecular flexibility index (Phi) is 3.68. The molecule has 1 aromatic carbocycles. The fourth-order valence-corrected chi connectivity index (χ4v) is 3.56. The van der Waals surface area contributed by atoms with E-state index in [9.17, 15) is 8.78 Å². The standard InChI is InChI=1S/C17H24F2N2/c1-17(2,3)20-9-12-7-14(18)16(15(19)8-12)21-10-11-4-5-13(21)6-11/h7-8,11,13,20H,4-6,9-10H2,1-3H3. The maximum Gasteiger partial charge on any atom is 0.149 e. The summed E-state index contributed by atoms with van der Waals surface area (Å²) in [6.07, 6.45) is 3.36. The van der Waals surface area contributed by atoms with Crippen molar-refractivity contribution in [2.24, 2.45) is 5.92 Å². The third kappa shape index (κ3) is 3.05. The number of hydrogen-bond acceptors (Lipinski definition) is 2. The average molecular weight is 294 g/mol. The van der Waals surface area contributed by atoms with Gasteiger partial charge in [-0.3, -0.25) is 0 Å². The first-order valence-corrected chi connectivity index (χ1v) is 7.83. The van der Waals surface area contributed by atoms with Gasteiger partial charge >= 0.3 is 0 Å². The van der Waals surface area contributed by atoms with E-state index in [2.05, 4.69) is 5.32 Å². The highest BCUT2D eigenvalue weighted by Crippen LogP contribution is 2.42. The smallest absolute Gasteiger partial charge is 0.149 e. The number of hydrogen-bond donors (Lipinski definition) is 1. The maximum absolute atomic E-state index is 14.4. The molecule has 0 spiro atoms. The van der Waals surface area contributed by atoms with Crippen LogP contribution in [0.3, 0.4) is 0 Å². The van der Waals surface area contributed by atoms with E-state index in [1.54, 1.807) is 0 Å². The van der Waals surface area contributed by atoms with E-state index in [1.807, 2.05) is 25.7 Å². The van der Waals surface area contributed by atoms with Crippen molar-refractivity contribution in [1.82, 2.24) is 5.32 Å². The van der Waals surface area contributed by atoms with Crippen LogP contribution >= 0.6 is 0 Å². The van der Waals surface area contributed by atoms with Crippen LogP contribution in [0.5, 0.6) is 0 Å². The third-order valence-electron chi connectivity index (χ3n) is 4.60. The molecule has 0 radical (unpaired) electrons. The molecule has 1 aliphatic heterocycles. The van der Waals surface area contributed by atoms with E-state index < -0.39 is 11.6 Å². The minimum absolute atomic E-state index is 0.0697. The lowest BCUT2D eigenvalue weighted by Crippen LogP contribution is -2.35. The van der Waals surface area contributed by atoms with Crippen LogP contribution in [0.15, 0.2) is 12.1 Å². The Bertz CT molecular complexity index is 513. The van der Waals surface area contributed by atoms with Crippen LogP contribution in [-0.4, -0.2) is 18.1 Å². The number of nitrogens with zero attached hydrogens (tertiary/aromatic N) is 1. The maximum atomic E-state index is 14.4. The van der Waals surface area contributed by atoms with Crippen molar-refractivity contribution >= 4 is 5.69 Å². The van der Waals surface area contributed by atoms with Gasteiger partial charge in [0.2, 0.25) is 0 Å². The van der Waals surface area contributed by atoms with Gasteiger partial charge < -0.3 is 10.2 Å². The molecule has 2 atom stereocenters. The molecule has 1 saturated heterocycles. The van der Waals surface area contributed by atoms with Crippen LogP contribution in [0, 0.1) is 17.6 Å². The average Bonchev–Trinajstić information content (AvgIpc) is 2.97. The van der Waals surface area contributed by atoms with Gasteiger partial charge in [-0.1, -0.05) is 0 Å². The molecule has 1 N–H and O–H groups in total. The highest BCUT2D eigenvalue weighted by molar-refractivity contribution is 5.53. The molecule has 3 rings (SSSR count). The number of benzene rings is 1. The highest BCUT2D eigenvalue weighted by atomic mass is 19.1. The van der Waals surface area contributed by atoms with Crippen molar-refractivity contribution in [3.8, 4) is 0 Å². The second kappa shape index (κ2) is 5.24. The summed E-state index contributed by atoms with van der Waals surface area (Å²) >= 11 is 0. The fraction of sp³-hybridized carbons (Fsp3) is 0.647. The largest absolute Gasteiger partial charge is 0.364 e. The lowest BCUT2D eigenvalue weighted by Gasteiger charge is -2.30. The molecule has 2 fully saturated rings. The van der Waals surface area contributed by atoms with E-state index in [1.165, 1.54) is 18.6 Å². The molecule has 2 bridgehead atoms. The first kappa shape index (κ1) is 14.8. The van der Waals surface area contributed by atoms with Crippen molar-refractivity contribution in [2.45, 2.75) is 58.2 Å². The van der Waals surface area contributed by atoms with E-state index >= 15 is 0 Å². The van der Waals surface area contributed by atoms with Gasteiger partial charge in [0, 0.05) is 24.7 Å².